The number of hydrogen-bond donors (Lipinski definition) is 2. The SMILES string of the molecule is Cn1nc(C(=O)NCc2ccc(F)cc2)/c(=N/O)c2ncccc21. The normalized spacial score (nSPS) is 11.7. The Morgan fingerprint density at radius 2 is 2.08 bits per heavy atom. The maximum atomic E-state index is 12.9. The van der Waals surface area contributed by atoms with Crippen LogP contribution in [0.3, 0.4) is 0 Å². The molecule has 0 spiro atoms. The van der Waals surface area contributed by atoms with Gasteiger partial charge in [-0.1, -0.05) is 17.3 Å². The van der Waals surface area contributed by atoms with E-state index in [0.717, 1.165) is 5.56 Å². The Labute approximate surface area is 136 Å². The van der Waals surface area contributed by atoms with Gasteiger partial charge in [-0.05, 0) is 29.8 Å². The molecule has 0 radical (unpaired) electrons. The van der Waals surface area contributed by atoms with Crippen LogP contribution in [0.5, 0.6) is 0 Å². The lowest BCUT2D eigenvalue weighted by molar-refractivity contribution is 0.0941. The van der Waals surface area contributed by atoms with E-state index in [1.54, 1.807) is 31.3 Å². The van der Waals surface area contributed by atoms with Crippen molar-refractivity contribution in [1.29, 1.82) is 0 Å². The molecule has 0 unspecified atom stereocenters. The van der Waals surface area contributed by atoms with E-state index >= 15 is 0 Å². The number of rotatable bonds is 3. The first-order valence-corrected chi connectivity index (χ1v) is 7.13. The molecule has 1 amide bonds. The van der Waals surface area contributed by atoms with Crippen LogP contribution in [0, 0.1) is 5.82 Å². The van der Waals surface area contributed by atoms with Crippen LogP contribution in [0.15, 0.2) is 47.8 Å². The first kappa shape index (κ1) is 15.6. The van der Waals surface area contributed by atoms with Gasteiger partial charge in [0.05, 0.1) is 5.52 Å². The average molecular weight is 327 g/mol. The van der Waals surface area contributed by atoms with Crippen LogP contribution in [0.25, 0.3) is 11.0 Å². The van der Waals surface area contributed by atoms with Crippen molar-refractivity contribution < 1.29 is 14.4 Å². The molecule has 3 rings (SSSR count). The van der Waals surface area contributed by atoms with Gasteiger partial charge in [-0.2, -0.15) is 5.10 Å². The fourth-order valence-electron chi connectivity index (χ4n) is 2.32. The minimum atomic E-state index is -0.518. The van der Waals surface area contributed by atoms with Gasteiger partial charge in [0.15, 0.2) is 11.1 Å². The first-order chi connectivity index (χ1) is 11.6. The molecule has 8 heteroatoms. The van der Waals surface area contributed by atoms with Crippen molar-refractivity contribution in [2.45, 2.75) is 6.54 Å². The van der Waals surface area contributed by atoms with Crippen molar-refractivity contribution in [2.24, 2.45) is 12.2 Å². The van der Waals surface area contributed by atoms with Crippen molar-refractivity contribution in [3.8, 4) is 0 Å². The van der Waals surface area contributed by atoms with Gasteiger partial charge in [0, 0.05) is 19.8 Å². The molecule has 0 aliphatic rings. The Balaban J connectivity index is 1.93. The van der Waals surface area contributed by atoms with Gasteiger partial charge in [0.25, 0.3) is 5.91 Å². The minimum Gasteiger partial charge on any atom is -0.410 e. The molecule has 0 fully saturated rings. The second-order valence-electron chi connectivity index (χ2n) is 5.10. The highest BCUT2D eigenvalue weighted by atomic mass is 19.1. The molecule has 2 aromatic heterocycles. The number of halogens is 1. The zero-order valence-electron chi connectivity index (χ0n) is 12.8. The molecule has 0 atom stereocenters. The van der Waals surface area contributed by atoms with E-state index in [1.807, 2.05) is 0 Å². The molecule has 0 saturated heterocycles. The van der Waals surface area contributed by atoms with Crippen molar-refractivity contribution in [1.82, 2.24) is 20.1 Å². The highest BCUT2D eigenvalue weighted by molar-refractivity contribution is 5.94. The lowest BCUT2D eigenvalue weighted by atomic mass is 10.2. The predicted molar refractivity (Wildman–Crippen MR) is 83.4 cm³/mol. The first-order valence-electron chi connectivity index (χ1n) is 7.13. The summed E-state index contributed by atoms with van der Waals surface area (Å²) in [6.07, 6.45) is 1.54. The van der Waals surface area contributed by atoms with Crippen LogP contribution < -0.4 is 10.7 Å². The molecule has 122 valence electrons. The van der Waals surface area contributed by atoms with Gasteiger partial charge in [-0.3, -0.25) is 14.5 Å². The fourth-order valence-corrected chi connectivity index (χ4v) is 2.32. The molecule has 2 heterocycles. The van der Waals surface area contributed by atoms with Gasteiger partial charge in [0.1, 0.15) is 11.3 Å². The van der Waals surface area contributed by atoms with Gasteiger partial charge in [0.2, 0.25) is 0 Å². The molecule has 24 heavy (non-hydrogen) atoms. The van der Waals surface area contributed by atoms with Crippen LogP contribution in [0.4, 0.5) is 4.39 Å². The maximum absolute atomic E-state index is 12.9. The van der Waals surface area contributed by atoms with Gasteiger partial charge >= 0.3 is 0 Å². The van der Waals surface area contributed by atoms with E-state index in [2.05, 4.69) is 20.6 Å². The number of benzene rings is 1. The van der Waals surface area contributed by atoms with Crippen molar-refractivity contribution >= 4 is 16.9 Å². The smallest absolute Gasteiger partial charge is 0.274 e. The summed E-state index contributed by atoms with van der Waals surface area (Å²) in [5.74, 6) is -0.865. The number of pyridine rings is 1. The minimum absolute atomic E-state index is 0.000283. The lowest BCUT2D eigenvalue weighted by Gasteiger charge is -2.09. The van der Waals surface area contributed by atoms with Crippen LogP contribution in [-0.4, -0.2) is 25.9 Å². The number of nitrogens with zero attached hydrogens (tertiary/aromatic N) is 4. The third-order valence-corrected chi connectivity index (χ3v) is 3.52. The Morgan fingerprint density at radius 3 is 2.79 bits per heavy atom. The highest BCUT2D eigenvalue weighted by Crippen LogP contribution is 2.06. The highest BCUT2D eigenvalue weighted by Gasteiger charge is 2.16. The molecule has 0 aliphatic carbocycles. The number of nitrogens with one attached hydrogen (secondary N) is 1. The summed E-state index contributed by atoms with van der Waals surface area (Å²) in [4.78, 5) is 16.5. The zero-order chi connectivity index (χ0) is 17.1. The number of carbonyl (C=O) groups excluding carboxylic acids is 1. The number of aromatic nitrogens is 3. The Bertz CT molecular complexity index is 966. The largest absolute Gasteiger partial charge is 0.410 e. The van der Waals surface area contributed by atoms with Crippen LogP contribution in [0.1, 0.15) is 16.1 Å². The third kappa shape index (κ3) is 2.94. The summed E-state index contributed by atoms with van der Waals surface area (Å²) >= 11 is 0. The van der Waals surface area contributed by atoms with Gasteiger partial charge in [-0.25, -0.2) is 4.39 Å². The third-order valence-electron chi connectivity index (χ3n) is 3.52. The molecule has 1 aromatic carbocycles. The summed E-state index contributed by atoms with van der Waals surface area (Å²) in [5.41, 5.74) is 1.67. The average Bonchev–Trinajstić information content (AvgIpc) is 2.61. The van der Waals surface area contributed by atoms with Crippen molar-refractivity contribution in [2.75, 3.05) is 0 Å². The van der Waals surface area contributed by atoms with E-state index in [4.69, 9.17) is 0 Å². The monoisotopic (exact) mass is 327 g/mol. The molecule has 2 N–H and O–H groups in total. The van der Waals surface area contributed by atoms with E-state index in [-0.39, 0.29) is 23.4 Å². The van der Waals surface area contributed by atoms with Crippen LogP contribution >= 0.6 is 0 Å². The van der Waals surface area contributed by atoms with Crippen molar-refractivity contribution in [3.63, 3.8) is 0 Å². The van der Waals surface area contributed by atoms with Crippen LogP contribution in [0.2, 0.25) is 0 Å². The Hall–Kier alpha value is -3.29. The molecule has 3 aromatic rings. The van der Waals surface area contributed by atoms with E-state index in [9.17, 15) is 14.4 Å². The summed E-state index contributed by atoms with van der Waals surface area (Å²) in [6.45, 7) is 0.190. The van der Waals surface area contributed by atoms with Gasteiger partial charge in [-0.15, -0.1) is 0 Å². The molecule has 0 saturated carbocycles. The predicted octanol–water partition coefficient (Wildman–Crippen LogP) is 1.33. The summed E-state index contributed by atoms with van der Waals surface area (Å²) in [7, 11) is 1.67. The standard InChI is InChI=1S/C16H14FN5O2/c1-22-12-3-2-8-18-13(12)14(21-24)15(20-22)16(23)19-9-10-4-6-11(17)7-5-10/h2-8,24H,9H2,1H3,(H,19,23)/b21-14+. The van der Waals surface area contributed by atoms with E-state index in [0.29, 0.717) is 11.0 Å². The second-order valence-corrected chi connectivity index (χ2v) is 5.10. The molecule has 0 bridgehead atoms. The van der Waals surface area contributed by atoms with Crippen LogP contribution in [-0.2, 0) is 13.6 Å². The summed E-state index contributed by atoms with van der Waals surface area (Å²) in [5, 5.41) is 19.3. The number of aryl methyl sites for hydroxylation is 1. The molecular weight excluding hydrogens is 313 g/mol. The number of amides is 1. The molecular formula is C16H14FN5O2. The number of carbonyl (C=O) groups is 1. The lowest BCUT2D eigenvalue weighted by Crippen LogP contribution is -2.32. The van der Waals surface area contributed by atoms with Crippen molar-refractivity contribution in [3.05, 3.63) is 65.0 Å². The van der Waals surface area contributed by atoms with E-state index < -0.39 is 5.91 Å². The topological polar surface area (TPSA) is 92.4 Å². The summed E-state index contributed by atoms with van der Waals surface area (Å²) in [6, 6.07) is 9.25. The number of fused-ring (bicyclic) bond motifs is 1. The molecule has 7 nitrogen and oxygen atoms in total. The maximum Gasteiger partial charge on any atom is 0.274 e. The Kier molecular flexibility index (Phi) is 4.19. The zero-order valence-corrected chi connectivity index (χ0v) is 12.8. The Morgan fingerprint density at radius 1 is 1.33 bits per heavy atom. The second kappa shape index (κ2) is 6.45. The molecule has 0 aliphatic heterocycles. The fraction of sp³-hybridized carbons (Fsp3) is 0.125. The quantitative estimate of drug-likeness (QED) is 0.561. The van der Waals surface area contributed by atoms with Gasteiger partial charge < -0.3 is 10.5 Å². The van der Waals surface area contributed by atoms with E-state index in [1.165, 1.54) is 23.0 Å². The summed E-state index contributed by atoms with van der Waals surface area (Å²) < 4.78 is 14.4. The number of hydrogen-bond acceptors (Lipinski definition) is 5.